The second-order valence-electron chi connectivity index (χ2n) is 9.95. The standard InChI is InChI=1S/C20H28N6.C8H16/c1-4-9-17(5-2)26-14-21-18-19(23-15(3)24-20(18)26)25-22-13-12-16-10-7-6-8-11-16;1-7-3-5-8(2)6-4-7/h6-8,10-11,14,17,22H,4-5,9,12-13H2,1-3H3,(H,23,24,25);7-8H,3-6H2,1-2H3. The fraction of sp³-hybridized carbons (Fsp3) is 0.607. The minimum absolute atomic E-state index is 0.429. The Morgan fingerprint density at radius 1 is 1.00 bits per heavy atom. The van der Waals surface area contributed by atoms with E-state index in [1.54, 1.807) is 0 Å². The number of hydrazine groups is 1. The van der Waals surface area contributed by atoms with Gasteiger partial charge in [0.25, 0.3) is 0 Å². The van der Waals surface area contributed by atoms with Crippen molar-refractivity contribution in [1.82, 2.24) is 24.9 Å². The van der Waals surface area contributed by atoms with Crippen LogP contribution in [0.15, 0.2) is 36.7 Å². The Balaban J connectivity index is 0.000000343. The maximum absolute atomic E-state index is 4.64. The van der Waals surface area contributed by atoms with Crippen molar-refractivity contribution in [3.8, 4) is 0 Å². The van der Waals surface area contributed by atoms with Crippen molar-refractivity contribution in [2.75, 3.05) is 12.0 Å². The summed E-state index contributed by atoms with van der Waals surface area (Å²) in [4.78, 5) is 13.8. The summed E-state index contributed by atoms with van der Waals surface area (Å²) in [6.45, 7) is 11.9. The van der Waals surface area contributed by atoms with Crippen LogP contribution in [-0.4, -0.2) is 26.1 Å². The molecule has 1 saturated carbocycles. The van der Waals surface area contributed by atoms with Gasteiger partial charge in [-0.15, -0.1) is 0 Å². The lowest BCUT2D eigenvalue weighted by Crippen LogP contribution is -2.25. The molecule has 186 valence electrons. The molecule has 4 rings (SSSR count). The maximum atomic E-state index is 4.64. The number of anilines is 1. The number of aryl methyl sites for hydroxylation is 1. The van der Waals surface area contributed by atoms with Gasteiger partial charge in [-0.25, -0.2) is 20.4 Å². The van der Waals surface area contributed by atoms with E-state index in [-0.39, 0.29) is 0 Å². The molecule has 1 fully saturated rings. The SMILES string of the molecule is CC1CCC(C)CC1.CCCC(CC)n1cnc2c(NNCCc3ccccc3)nc(C)nc21. The Morgan fingerprint density at radius 2 is 1.68 bits per heavy atom. The van der Waals surface area contributed by atoms with Gasteiger partial charge in [0.1, 0.15) is 5.82 Å². The molecule has 2 heterocycles. The molecule has 6 nitrogen and oxygen atoms in total. The van der Waals surface area contributed by atoms with Crippen molar-refractivity contribution in [2.45, 2.75) is 92.0 Å². The molecule has 0 saturated heterocycles. The van der Waals surface area contributed by atoms with Gasteiger partial charge in [0.2, 0.25) is 0 Å². The quantitative estimate of drug-likeness (QED) is 0.267. The summed E-state index contributed by atoms with van der Waals surface area (Å²) in [5, 5.41) is 0. The summed E-state index contributed by atoms with van der Waals surface area (Å²) >= 11 is 0. The predicted octanol–water partition coefficient (Wildman–Crippen LogP) is 6.88. The highest BCUT2D eigenvalue weighted by Crippen LogP contribution is 2.27. The lowest BCUT2D eigenvalue weighted by Gasteiger charge is -2.22. The highest BCUT2D eigenvalue weighted by molar-refractivity contribution is 5.82. The molecule has 0 aliphatic heterocycles. The highest BCUT2D eigenvalue weighted by Gasteiger charge is 2.16. The first-order chi connectivity index (χ1) is 16.5. The molecular formula is C28H44N6. The molecule has 0 bridgehead atoms. The van der Waals surface area contributed by atoms with Crippen LogP contribution in [0.5, 0.6) is 0 Å². The number of nitrogens with one attached hydrogen (secondary N) is 2. The zero-order valence-electron chi connectivity index (χ0n) is 21.8. The molecule has 0 spiro atoms. The normalized spacial score (nSPS) is 18.9. The van der Waals surface area contributed by atoms with Gasteiger partial charge in [0.15, 0.2) is 17.0 Å². The predicted molar refractivity (Wildman–Crippen MR) is 143 cm³/mol. The average Bonchev–Trinajstić information content (AvgIpc) is 3.27. The Hall–Kier alpha value is -2.47. The third kappa shape index (κ3) is 7.52. The van der Waals surface area contributed by atoms with E-state index in [1.807, 2.05) is 19.3 Å². The number of rotatable bonds is 9. The first kappa shape index (κ1) is 26.1. The lowest BCUT2D eigenvalue weighted by atomic mass is 9.84. The Labute approximate surface area is 206 Å². The van der Waals surface area contributed by atoms with Crippen LogP contribution in [0, 0.1) is 18.8 Å². The number of hydrogen-bond acceptors (Lipinski definition) is 5. The number of hydrogen-bond donors (Lipinski definition) is 2. The van der Waals surface area contributed by atoms with Crippen LogP contribution >= 0.6 is 0 Å². The Bertz CT molecular complexity index is 965. The van der Waals surface area contributed by atoms with Crippen LogP contribution < -0.4 is 10.9 Å². The van der Waals surface area contributed by atoms with Crippen LogP contribution in [0.2, 0.25) is 0 Å². The maximum Gasteiger partial charge on any atom is 0.172 e. The van der Waals surface area contributed by atoms with Crippen LogP contribution in [0.3, 0.4) is 0 Å². The Kier molecular flexibility index (Phi) is 10.3. The minimum atomic E-state index is 0.429. The van der Waals surface area contributed by atoms with E-state index in [9.17, 15) is 0 Å². The molecule has 2 aromatic heterocycles. The fourth-order valence-corrected chi connectivity index (χ4v) is 4.68. The number of aromatic nitrogens is 4. The van der Waals surface area contributed by atoms with Gasteiger partial charge < -0.3 is 9.99 Å². The van der Waals surface area contributed by atoms with Crippen molar-refractivity contribution >= 4 is 17.0 Å². The van der Waals surface area contributed by atoms with Gasteiger partial charge in [-0.1, -0.05) is 90.1 Å². The van der Waals surface area contributed by atoms with Gasteiger partial charge in [-0.2, -0.15) is 0 Å². The topological polar surface area (TPSA) is 67.7 Å². The number of nitrogens with zero attached hydrogens (tertiary/aromatic N) is 4. The van der Waals surface area contributed by atoms with Gasteiger partial charge >= 0.3 is 0 Å². The van der Waals surface area contributed by atoms with E-state index in [0.29, 0.717) is 6.04 Å². The largest absolute Gasteiger partial charge is 0.312 e. The molecule has 2 N–H and O–H groups in total. The van der Waals surface area contributed by atoms with Crippen LogP contribution in [0.4, 0.5) is 5.82 Å². The number of fused-ring (bicyclic) bond motifs is 1. The molecule has 1 atom stereocenters. The second kappa shape index (κ2) is 13.4. The monoisotopic (exact) mass is 464 g/mol. The lowest BCUT2D eigenvalue weighted by molar-refractivity contribution is 0.308. The molecule has 1 aromatic carbocycles. The van der Waals surface area contributed by atoms with Crippen LogP contribution in [0.25, 0.3) is 11.2 Å². The average molecular weight is 465 g/mol. The van der Waals surface area contributed by atoms with Gasteiger partial charge in [-0.05, 0) is 43.6 Å². The van der Waals surface area contributed by atoms with E-state index in [2.05, 4.69) is 82.3 Å². The van der Waals surface area contributed by atoms with Crippen molar-refractivity contribution in [3.63, 3.8) is 0 Å². The molecule has 1 aliphatic rings. The molecule has 3 aromatic rings. The molecule has 1 aliphatic carbocycles. The summed E-state index contributed by atoms with van der Waals surface area (Å²) in [7, 11) is 0. The van der Waals surface area contributed by atoms with E-state index in [4.69, 9.17) is 0 Å². The third-order valence-corrected chi connectivity index (χ3v) is 6.91. The summed E-state index contributed by atoms with van der Waals surface area (Å²) in [5.41, 5.74) is 9.51. The molecule has 0 amide bonds. The summed E-state index contributed by atoms with van der Waals surface area (Å²) in [6.07, 6.45) is 12.1. The van der Waals surface area contributed by atoms with Gasteiger partial charge in [0.05, 0.1) is 6.33 Å². The summed E-state index contributed by atoms with van der Waals surface area (Å²) in [6, 6.07) is 10.9. The van der Waals surface area contributed by atoms with Crippen LogP contribution in [0.1, 0.15) is 90.1 Å². The molecule has 6 heteroatoms. The van der Waals surface area contributed by atoms with Gasteiger partial charge in [0, 0.05) is 12.6 Å². The van der Waals surface area contributed by atoms with Crippen molar-refractivity contribution < 1.29 is 0 Å². The zero-order valence-corrected chi connectivity index (χ0v) is 21.8. The first-order valence-corrected chi connectivity index (χ1v) is 13.3. The molecule has 34 heavy (non-hydrogen) atoms. The van der Waals surface area contributed by atoms with E-state index in [0.717, 1.165) is 66.9 Å². The highest BCUT2D eigenvalue weighted by atomic mass is 15.4. The first-order valence-electron chi connectivity index (χ1n) is 13.3. The van der Waals surface area contributed by atoms with Crippen LogP contribution in [-0.2, 0) is 6.42 Å². The fourth-order valence-electron chi connectivity index (χ4n) is 4.68. The van der Waals surface area contributed by atoms with E-state index in [1.165, 1.54) is 31.2 Å². The molecular weight excluding hydrogens is 420 g/mol. The smallest absolute Gasteiger partial charge is 0.172 e. The molecule has 0 radical (unpaired) electrons. The third-order valence-electron chi connectivity index (χ3n) is 6.91. The molecule has 1 unspecified atom stereocenters. The number of benzene rings is 1. The van der Waals surface area contributed by atoms with E-state index < -0.39 is 0 Å². The number of imidazole rings is 1. The summed E-state index contributed by atoms with van der Waals surface area (Å²) < 4.78 is 2.20. The zero-order chi connectivity index (χ0) is 24.3. The second-order valence-corrected chi connectivity index (χ2v) is 9.95. The Morgan fingerprint density at radius 3 is 2.29 bits per heavy atom. The minimum Gasteiger partial charge on any atom is -0.312 e. The van der Waals surface area contributed by atoms with E-state index >= 15 is 0 Å². The van der Waals surface area contributed by atoms with Crippen molar-refractivity contribution in [3.05, 3.63) is 48.0 Å². The summed E-state index contributed by atoms with van der Waals surface area (Å²) in [5.74, 6) is 3.53. The van der Waals surface area contributed by atoms with Gasteiger partial charge in [-0.3, -0.25) is 0 Å². The van der Waals surface area contributed by atoms with Crippen molar-refractivity contribution in [1.29, 1.82) is 0 Å². The van der Waals surface area contributed by atoms with Crippen molar-refractivity contribution in [2.24, 2.45) is 11.8 Å².